The molecule has 0 aliphatic carbocycles. The quantitative estimate of drug-likeness (QED) is 0.360. The van der Waals surface area contributed by atoms with Crippen LogP contribution in [0.1, 0.15) is 52.2 Å². The van der Waals surface area contributed by atoms with Crippen molar-refractivity contribution in [3.05, 3.63) is 11.6 Å². The van der Waals surface area contributed by atoms with Crippen LogP contribution in [0.25, 0.3) is 0 Å². The maximum Gasteiger partial charge on any atom is 0.249 e. The number of nitrogens with zero attached hydrogens (tertiary/aromatic N) is 6. The van der Waals surface area contributed by atoms with E-state index in [1.165, 1.54) is 0 Å². The molecule has 2 atom stereocenters. The zero-order chi connectivity index (χ0) is 21.2. The molecule has 2 aromatic heterocycles. The standard InChI is InChI=1S/C16H28N10O3/c1-9(2)5-11(15(27)17-7-13-19-23-24-20-13)29-12(6-10(3)4)16(28)18-8-14-21-25-26-22-14/h9-12H,5-8H2,1-4H3,(H,17,27)(H,18,28)(H,19,20,23,24)(H,21,22,25,26)/t11-,12-/m0/s1. The first-order chi connectivity index (χ1) is 13.8. The summed E-state index contributed by atoms with van der Waals surface area (Å²) in [5.74, 6) is 0.443. The highest BCUT2D eigenvalue weighted by Gasteiger charge is 2.29. The van der Waals surface area contributed by atoms with Gasteiger partial charge in [-0.25, -0.2) is 0 Å². The molecule has 0 saturated carbocycles. The molecule has 13 nitrogen and oxygen atoms in total. The van der Waals surface area contributed by atoms with Crippen LogP contribution >= 0.6 is 0 Å². The summed E-state index contributed by atoms with van der Waals surface area (Å²) in [6.45, 7) is 8.17. The lowest BCUT2D eigenvalue weighted by Gasteiger charge is -2.26. The zero-order valence-corrected chi connectivity index (χ0v) is 17.0. The molecule has 0 saturated heterocycles. The predicted octanol–water partition coefficient (Wildman–Crippen LogP) is -0.509. The molecule has 0 fully saturated rings. The third-order valence-corrected chi connectivity index (χ3v) is 3.90. The number of nitrogens with one attached hydrogen (secondary N) is 4. The van der Waals surface area contributed by atoms with E-state index in [1.54, 1.807) is 0 Å². The van der Waals surface area contributed by atoms with E-state index in [0.717, 1.165) is 0 Å². The number of hydrogen-bond donors (Lipinski definition) is 4. The van der Waals surface area contributed by atoms with E-state index in [4.69, 9.17) is 4.74 Å². The number of carbonyl (C=O) groups is 2. The average molecular weight is 408 g/mol. The Balaban J connectivity index is 2.00. The van der Waals surface area contributed by atoms with Gasteiger partial charge in [0.1, 0.15) is 12.2 Å². The smallest absolute Gasteiger partial charge is 0.249 e. The van der Waals surface area contributed by atoms with Crippen LogP contribution in [0.2, 0.25) is 0 Å². The second-order valence-corrected chi connectivity index (χ2v) is 7.46. The van der Waals surface area contributed by atoms with Gasteiger partial charge in [-0.1, -0.05) is 38.1 Å². The topological polar surface area (TPSA) is 176 Å². The van der Waals surface area contributed by atoms with Crippen LogP contribution in [0, 0.1) is 11.8 Å². The maximum atomic E-state index is 12.7. The minimum Gasteiger partial charge on any atom is -0.355 e. The van der Waals surface area contributed by atoms with Crippen molar-refractivity contribution in [3.63, 3.8) is 0 Å². The summed E-state index contributed by atoms with van der Waals surface area (Å²) < 4.78 is 5.98. The number of ether oxygens (including phenoxy) is 1. The lowest BCUT2D eigenvalue weighted by molar-refractivity contribution is -0.148. The Kier molecular flexibility index (Phi) is 8.58. The third-order valence-electron chi connectivity index (χ3n) is 3.90. The molecule has 0 bridgehead atoms. The zero-order valence-electron chi connectivity index (χ0n) is 17.0. The number of aromatic amines is 2. The van der Waals surface area contributed by atoms with E-state index in [0.29, 0.717) is 24.5 Å². The fourth-order valence-electron chi connectivity index (χ4n) is 2.58. The molecule has 2 amide bonds. The molecule has 160 valence electrons. The predicted molar refractivity (Wildman–Crippen MR) is 99.6 cm³/mol. The summed E-state index contributed by atoms with van der Waals surface area (Å²) in [5.41, 5.74) is 0. The van der Waals surface area contributed by atoms with Gasteiger partial charge < -0.3 is 15.4 Å². The van der Waals surface area contributed by atoms with Crippen LogP contribution in [-0.2, 0) is 27.4 Å². The molecule has 2 rings (SSSR count). The van der Waals surface area contributed by atoms with Gasteiger partial charge in [0, 0.05) is 0 Å². The van der Waals surface area contributed by atoms with E-state index < -0.39 is 12.2 Å². The van der Waals surface area contributed by atoms with Crippen molar-refractivity contribution in [2.45, 2.75) is 65.8 Å². The first kappa shape index (κ1) is 22.3. The number of tetrazole rings is 2. The molecule has 4 N–H and O–H groups in total. The van der Waals surface area contributed by atoms with Crippen molar-refractivity contribution in [2.75, 3.05) is 0 Å². The third kappa shape index (κ3) is 7.89. The van der Waals surface area contributed by atoms with Crippen LogP contribution in [0.3, 0.4) is 0 Å². The molecule has 0 aliphatic heterocycles. The Labute approximate surface area is 168 Å². The second kappa shape index (κ2) is 11.1. The average Bonchev–Trinajstić information content (AvgIpc) is 3.35. The molecule has 0 aromatic carbocycles. The highest BCUT2D eigenvalue weighted by atomic mass is 16.5. The number of aromatic nitrogens is 8. The first-order valence-corrected chi connectivity index (χ1v) is 9.50. The van der Waals surface area contributed by atoms with Crippen molar-refractivity contribution in [1.29, 1.82) is 0 Å². The fraction of sp³-hybridized carbons (Fsp3) is 0.750. The summed E-state index contributed by atoms with van der Waals surface area (Å²) in [6.07, 6.45) is -0.654. The van der Waals surface area contributed by atoms with Gasteiger partial charge in [-0.2, -0.15) is 10.4 Å². The van der Waals surface area contributed by atoms with Gasteiger partial charge in [0.2, 0.25) is 11.8 Å². The lowest BCUT2D eigenvalue weighted by Crippen LogP contribution is -2.44. The summed E-state index contributed by atoms with van der Waals surface area (Å²) in [4.78, 5) is 25.4. The molecule has 0 radical (unpaired) electrons. The van der Waals surface area contributed by atoms with Crippen LogP contribution in [0.4, 0.5) is 0 Å². The van der Waals surface area contributed by atoms with E-state index in [-0.39, 0.29) is 36.7 Å². The minimum absolute atomic E-state index is 0.117. The minimum atomic E-state index is -0.790. The van der Waals surface area contributed by atoms with Crippen LogP contribution in [0.15, 0.2) is 0 Å². The van der Waals surface area contributed by atoms with Crippen molar-refractivity contribution in [3.8, 4) is 0 Å². The van der Waals surface area contributed by atoms with Gasteiger partial charge in [0.05, 0.1) is 13.1 Å². The Morgan fingerprint density at radius 2 is 1.24 bits per heavy atom. The molecule has 29 heavy (non-hydrogen) atoms. The largest absolute Gasteiger partial charge is 0.355 e. The lowest BCUT2D eigenvalue weighted by atomic mass is 10.0. The fourth-order valence-corrected chi connectivity index (χ4v) is 2.58. The Hall–Kier alpha value is -2.96. The Morgan fingerprint density at radius 1 is 0.828 bits per heavy atom. The van der Waals surface area contributed by atoms with Crippen molar-refractivity contribution in [1.82, 2.24) is 51.9 Å². The summed E-state index contributed by atoms with van der Waals surface area (Å²) in [5, 5.41) is 32.2. The van der Waals surface area contributed by atoms with Crippen LogP contribution in [-0.4, -0.2) is 65.3 Å². The maximum absolute atomic E-state index is 12.7. The SMILES string of the molecule is CC(C)C[C@H](O[C@@H](CC(C)C)C(=O)NCc1nn[nH]n1)C(=O)NCc1nn[nH]n1. The molecule has 2 aromatic rings. The first-order valence-electron chi connectivity index (χ1n) is 9.50. The van der Waals surface area contributed by atoms with Crippen LogP contribution in [0.5, 0.6) is 0 Å². The Morgan fingerprint density at radius 3 is 1.55 bits per heavy atom. The van der Waals surface area contributed by atoms with Gasteiger partial charge >= 0.3 is 0 Å². The Bertz CT molecular complexity index is 670. The van der Waals surface area contributed by atoms with Gasteiger partial charge in [-0.3, -0.25) is 9.59 Å². The van der Waals surface area contributed by atoms with Crippen molar-refractivity contribution < 1.29 is 14.3 Å². The molecule has 13 heteroatoms. The molecule has 0 unspecified atom stereocenters. The monoisotopic (exact) mass is 408 g/mol. The second-order valence-electron chi connectivity index (χ2n) is 7.46. The number of amides is 2. The molecular weight excluding hydrogens is 380 g/mol. The van der Waals surface area contributed by atoms with Gasteiger partial charge in [-0.15, -0.1) is 20.4 Å². The molecular formula is C16H28N10O3. The number of rotatable bonds is 12. The number of H-pyrrole nitrogens is 2. The summed E-state index contributed by atoms with van der Waals surface area (Å²) >= 11 is 0. The van der Waals surface area contributed by atoms with E-state index >= 15 is 0 Å². The summed E-state index contributed by atoms with van der Waals surface area (Å²) in [6, 6.07) is 0. The number of carbonyl (C=O) groups excluding carboxylic acids is 2. The molecule has 0 aliphatic rings. The molecule has 0 spiro atoms. The van der Waals surface area contributed by atoms with Gasteiger partial charge in [0.25, 0.3) is 0 Å². The highest BCUT2D eigenvalue weighted by molar-refractivity contribution is 5.83. The van der Waals surface area contributed by atoms with Gasteiger partial charge in [0.15, 0.2) is 11.6 Å². The van der Waals surface area contributed by atoms with E-state index in [9.17, 15) is 9.59 Å². The van der Waals surface area contributed by atoms with Crippen molar-refractivity contribution in [2.24, 2.45) is 11.8 Å². The number of hydrogen-bond acceptors (Lipinski definition) is 9. The van der Waals surface area contributed by atoms with Gasteiger partial charge in [-0.05, 0) is 24.7 Å². The van der Waals surface area contributed by atoms with Crippen LogP contribution < -0.4 is 10.6 Å². The van der Waals surface area contributed by atoms with Crippen molar-refractivity contribution >= 4 is 11.8 Å². The van der Waals surface area contributed by atoms with E-state index in [1.807, 2.05) is 27.7 Å². The van der Waals surface area contributed by atoms with E-state index in [2.05, 4.69) is 51.9 Å². The molecule has 2 heterocycles. The highest BCUT2D eigenvalue weighted by Crippen LogP contribution is 2.16. The summed E-state index contributed by atoms with van der Waals surface area (Å²) in [7, 11) is 0. The normalized spacial score (nSPS) is 13.4.